The molecule has 0 aromatic carbocycles. The van der Waals surface area contributed by atoms with E-state index in [9.17, 15) is 19.8 Å². The number of aliphatic hydroxyl groups excluding tert-OH is 2. The maximum Gasteiger partial charge on any atom is 0.410 e. The number of ether oxygens (including phenoxy) is 2. The van der Waals surface area contributed by atoms with Crippen molar-refractivity contribution in [3.63, 3.8) is 0 Å². The van der Waals surface area contributed by atoms with Crippen LogP contribution < -0.4 is 16.4 Å². The van der Waals surface area contributed by atoms with Gasteiger partial charge in [-0.25, -0.2) is 19.7 Å². The molecule has 2 aromatic rings. The molecule has 214 valence electrons. The fraction of sp³-hybridized carbons (Fsp3) is 0.720. The summed E-state index contributed by atoms with van der Waals surface area (Å²) in [5, 5.41) is 26.8. The Labute approximate surface area is 226 Å². The monoisotopic (exact) mass is 546 g/mol. The van der Waals surface area contributed by atoms with E-state index < -0.39 is 30.4 Å². The molecule has 5 rings (SSSR count). The molecule has 6 N–H and O–H groups in total. The summed E-state index contributed by atoms with van der Waals surface area (Å²) < 4.78 is 12.8. The minimum absolute atomic E-state index is 0.0214. The van der Waals surface area contributed by atoms with Gasteiger partial charge in [-0.1, -0.05) is 0 Å². The molecule has 2 aromatic heterocycles. The summed E-state index contributed by atoms with van der Waals surface area (Å²) >= 11 is 0. The molecular formula is C25H38N8O6. The first-order valence-corrected chi connectivity index (χ1v) is 13.8. The number of piperidine rings is 1. The number of carbonyl (C=O) groups excluding carboxylic acids is 2. The van der Waals surface area contributed by atoms with Crippen LogP contribution in [0.25, 0.3) is 11.2 Å². The van der Waals surface area contributed by atoms with Crippen LogP contribution in [0, 0.1) is 5.92 Å². The lowest BCUT2D eigenvalue weighted by molar-refractivity contribution is -0.137. The average Bonchev–Trinajstić information content (AvgIpc) is 3.65. The van der Waals surface area contributed by atoms with Gasteiger partial charge in [0, 0.05) is 32.6 Å². The first-order valence-electron chi connectivity index (χ1n) is 13.8. The molecule has 0 bridgehead atoms. The van der Waals surface area contributed by atoms with E-state index in [1.165, 1.54) is 10.9 Å². The van der Waals surface area contributed by atoms with Gasteiger partial charge in [0.1, 0.15) is 29.7 Å². The maximum atomic E-state index is 12.4. The number of carbonyl (C=O) groups is 2. The van der Waals surface area contributed by atoms with Crippen molar-refractivity contribution in [2.75, 3.05) is 38.5 Å². The second-order valence-corrected chi connectivity index (χ2v) is 10.5. The van der Waals surface area contributed by atoms with Crippen molar-refractivity contribution in [3.8, 4) is 0 Å². The largest absolute Gasteiger partial charge is 0.445 e. The minimum atomic E-state index is -1.40. The number of hydrogen-bond acceptors (Lipinski definition) is 11. The number of fused-ring (bicyclic) bond motifs is 1. The number of aromatic nitrogens is 4. The van der Waals surface area contributed by atoms with Gasteiger partial charge in [-0.05, 0) is 51.5 Å². The standard InChI is InChI=1S/C25H38N8O6/c1-2-28-23(36)20-18(34)19(35)24(39-20)33-13-29-17-21(26)30-16(31-22(17)33)5-3-4-14-7-10-32(11-8-14)25(37)38-15-6-9-27-12-15/h13-15,18-20,24,27,34-35H,2-12H2,1H3,(H,28,36)(H2,26,30,31)/t15?,18?,19-,20-,24+/m0/s1. The van der Waals surface area contributed by atoms with Gasteiger partial charge in [-0.3, -0.25) is 9.36 Å². The highest BCUT2D eigenvalue weighted by atomic mass is 16.6. The van der Waals surface area contributed by atoms with Gasteiger partial charge in [0.05, 0.1) is 6.33 Å². The molecule has 0 aliphatic carbocycles. The average molecular weight is 547 g/mol. The second-order valence-electron chi connectivity index (χ2n) is 10.5. The zero-order valence-electron chi connectivity index (χ0n) is 22.2. The molecule has 3 saturated heterocycles. The fourth-order valence-corrected chi connectivity index (χ4v) is 5.56. The number of nitrogens with two attached hydrogens (primary N) is 1. The Bertz CT molecular complexity index is 1160. The lowest BCUT2D eigenvalue weighted by atomic mass is 9.91. The van der Waals surface area contributed by atoms with Crippen LogP contribution >= 0.6 is 0 Å². The molecule has 5 atom stereocenters. The van der Waals surface area contributed by atoms with Gasteiger partial charge in [-0.2, -0.15) is 0 Å². The number of anilines is 1. The molecule has 2 amide bonds. The van der Waals surface area contributed by atoms with Crippen molar-refractivity contribution in [2.45, 2.75) is 76.1 Å². The number of nitrogens with zero attached hydrogens (tertiary/aromatic N) is 5. The van der Waals surface area contributed by atoms with Crippen molar-refractivity contribution >= 4 is 29.0 Å². The summed E-state index contributed by atoms with van der Waals surface area (Å²) in [7, 11) is 0. The lowest BCUT2D eigenvalue weighted by Gasteiger charge is -2.32. The van der Waals surface area contributed by atoms with Gasteiger partial charge < -0.3 is 41.0 Å². The molecule has 14 heteroatoms. The van der Waals surface area contributed by atoms with Crippen LogP contribution in [0.2, 0.25) is 0 Å². The first-order chi connectivity index (χ1) is 18.9. The van der Waals surface area contributed by atoms with Crippen LogP contribution in [0.1, 0.15) is 51.1 Å². The van der Waals surface area contributed by atoms with Gasteiger partial charge >= 0.3 is 6.09 Å². The van der Waals surface area contributed by atoms with Crippen molar-refractivity contribution in [2.24, 2.45) is 5.92 Å². The number of amides is 2. The van der Waals surface area contributed by atoms with E-state index in [1.54, 1.807) is 11.8 Å². The summed E-state index contributed by atoms with van der Waals surface area (Å²) in [4.78, 5) is 39.8. The number of nitrogens with one attached hydrogen (secondary N) is 2. The molecule has 2 unspecified atom stereocenters. The maximum absolute atomic E-state index is 12.4. The lowest BCUT2D eigenvalue weighted by Crippen LogP contribution is -2.42. The Balaban J connectivity index is 1.16. The Kier molecular flexibility index (Phi) is 8.45. The highest BCUT2D eigenvalue weighted by Gasteiger charge is 2.47. The zero-order valence-corrected chi connectivity index (χ0v) is 22.2. The van der Waals surface area contributed by atoms with E-state index in [0.717, 1.165) is 45.2 Å². The quantitative estimate of drug-likeness (QED) is 0.292. The smallest absolute Gasteiger partial charge is 0.410 e. The highest BCUT2D eigenvalue weighted by molar-refractivity contribution is 5.83. The third-order valence-corrected chi connectivity index (χ3v) is 7.78. The predicted molar refractivity (Wildman–Crippen MR) is 139 cm³/mol. The second kappa shape index (κ2) is 12.0. The molecule has 0 spiro atoms. The number of likely N-dealkylation sites (tertiary alicyclic amines) is 1. The van der Waals surface area contributed by atoms with Gasteiger partial charge in [0.25, 0.3) is 5.91 Å². The number of nitrogen functional groups attached to an aromatic ring is 1. The van der Waals surface area contributed by atoms with Crippen molar-refractivity contribution in [3.05, 3.63) is 12.2 Å². The molecule has 14 nitrogen and oxygen atoms in total. The molecule has 0 radical (unpaired) electrons. The van der Waals surface area contributed by atoms with E-state index >= 15 is 0 Å². The number of aliphatic hydroxyl groups is 2. The van der Waals surface area contributed by atoms with Crippen LogP contribution in [-0.2, 0) is 20.7 Å². The van der Waals surface area contributed by atoms with Crippen LogP contribution in [0.15, 0.2) is 6.33 Å². The van der Waals surface area contributed by atoms with Crippen molar-refractivity contribution in [1.29, 1.82) is 0 Å². The van der Waals surface area contributed by atoms with Crippen LogP contribution in [0.3, 0.4) is 0 Å². The topological polar surface area (TPSA) is 190 Å². The number of hydrogen-bond donors (Lipinski definition) is 5. The summed E-state index contributed by atoms with van der Waals surface area (Å²) in [5.74, 6) is 0.760. The van der Waals surface area contributed by atoms with Gasteiger partial charge in [0.2, 0.25) is 0 Å². The van der Waals surface area contributed by atoms with E-state index in [2.05, 4.69) is 25.6 Å². The number of aryl methyl sites for hydroxylation is 1. The first kappa shape index (κ1) is 27.5. The zero-order chi connectivity index (χ0) is 27.5. The Morgan fingerprint density at radius 1 is 1.23 bits per heavy atom. The van der Waals surface area contributed by atoms with Crippen LogP contribution in [0.4, 0.5) is 10.6 Å². The molecular weight excluding hydrogens is 508 g/mol. The molecule has 3 aliphatic rings. The van der Waals surface area contributed by atoms with Crippen molar-refractivity contribution in [1.82, 2.24) is 35.1 Å². The normalized spacial score (nSPS) is 27.8. The highest BCUT2D eigenvalue weighted by Crippen LogP contribution is 2.32. The van der Waals surface area contributed by atoms with Crippen LogP contribution in [0.5, 0.6) is 0 Å². The summed E-state index contributed by atoms with van der Waals surface area (Å²) in [6, 6.07) is 0. The molecule has 0 saturated carbocycles. The Morgan fingerprint density at radius 3 is 2.74 bits per heavy atom. The number of rotatable bonds is 8. The fourth-order valence-electron chi connectivity index (χ4n) is 5.56. The third-order valence-electron chi connectivity index (χ3n) is 7.78. The van der Waals surface area contributed by atoms with Crippen LogP contribution in [-0.4, -0.2) is 104 Å². The minimum Gasteiger partial charge on any atom is -0.445 e. The van der Waals surface area contributed by atoms with Crippen molar-refractivity contribution < 1.29 is 29.3 Å². The Hall–Kier alpha value is -3.07. The Morgan fingerprint density at radius 2 is 2.03 bits per heavy atom. The predicted octanol–water partition coefficient (Wildman–Crippen LogP) is -0.303. The molecule has 5 heterocycles. The molecule has 3 aliphatic heterocycles. The van der Waals surface area contributed by atoms with Gasteiger partial charge in [0.15, 0.2) is 23.8 Å². The third kappa shape index (κ3) is 5.93. The van der Waals surface area contributed by atoms with E-state index in [-0.39, 0.29) is 18.0 Å². The molecule has 3 fully saturated rings. The van der Waals surface area contributed by atoms with Gasteiger partial charge in [-0.15, -0.1) is 0 Å². The summed E-state index contributed by atoms with van der Waals surface area (Å²) in [5.41, 5.74) is 6.89. The summed E-state index contributed by atoms with van der Waals surface area (Å²) in [6.07, 6.45) is 1.32. The number of imidazole rings is 1. The van der Waals surface area contributed by atoms with E-state index in [0.29, 0.717) is 49.0 Å². The van der Waals surface area contributed by atoms with E-state index in [1.807, 2.05) is 0 Å². The van der Waals surface area contributed by atoms with E-state index in [4.69, 9.17) is 15.2 Å². The number of likely N-dealkylation sites (N-methyl/N-ethyl adjacent to an activating group) is 1. The summed E-state index contributed by atoms with van der Waals surface area (Å²) in [6.45, 7) is 5.15. The SMILES string of the molecule is CCNC(=O)[C@H]1O[C@@H](n2cnc3c(N)nc(CCCC4CCN(C(=O)OC5CCNC5)CC4)nc32)[C@@H](O)C1O. The molecule has 39 heavy (non-hydrogen) atoms.